The molecule has 0 aromatic carbocycles. The van der Waals surface area contributed by atoms with Gasteiger partial charge in [-0.2, -0.15) is 13.2 Å². The van der Waals surface area contributed by atoms with Crippen molar-refractivity contribution in [1.82, 2.24) is 15.3 Å². The molecule has 1 atom stereocenters. The summed E-state index contributed by atoms with van der Waals surface area (Å²) < 4.78 is 38.3. The van der Waals surface area contributed by atoms with Crippen LogP contribution < -0.4 is 10.2 Å². The minimum Gasteiger partial charge on any atom is -0.337 e. The van der Waals surface area contributed by atoms with Crippen LogP contribution in [0.3, 0.4) is 0 Å². The molecule has 2 heterocycles. The molecule has 2 rings (SSSR count). The summed E-state index contributed by atoms with van der Waals surface area (Å²) in [5.41, 5.74) is -0.894. The molecule has 1 aromatic rings. The molecule has 0 saturated carbocycles. The highest BCUT2D eigenvalue weighted by molar-refractivity contribution is 5.32. The van der Waals surface area contributed by atoms with Crippen LogP contribution in [0.25, 0.3) is 0 Å². The van der Waals surface area contributed by atoms with E-state index < -0.39 is 11.9 Å². The van der Waals surface area contributed by atoms with Gasteiger partial charge in [0.15, 0.2) is 0 Å². The van der Waals surface area contributed by atoms with Gasteiger partial charge in [0.1, 0.15) is 5.69 Å². The molecule has 118 valence electrons. The first-order chi connectivity index (χ1) is 9.88. The van der Waals surface area contributed by atoms with E-state index in [2.05, 4.69) is 15.3 Å². The van der Waals surface area contributed by atoms with E-state index in [0.29, 0.717) is 6.54 Å². The van der Waals surface area contributed by atoms with Crippen LogP contribution in [0.5, 0.6) is 0 Å². The molecule has 21 heavy (non-hydrogen) atoms. The van der Waals surface area contributed by atoms with Gasteiger partial charge >= 0.3 is 6.18 Å². The Kier molecular flexibility index (Phi) is 5.03. The number of aromatic nitrogens is 2. The van der Waals surface area contributed by atoms with Gasteiger partial charge in [-0.1, -0.05) is 6.42 Å². The lowest BCUT2D eigenvalue weighted by Gasteiger charge is -2.33. The van der Waals surface area contributed by atoms with Gasteiger partial charge in [0.2, 0.25) is 5.95 Å². The third-order valence-corrected chi connectivity index (χ3v) is 3.64. The highest BCUT2D eigenvalue weighted by Gasteiger charge is 2.33. The normalized spacial score (nSPS) is 19.8. The summed E-state index contributed by atoms with van der Waals surface area (Å²) in [5.74, 6) is 0.146. The molecule has 7 heteroatoms. The third-order valence-electron chi connectivity index (χ3n) is 3.64. The topological polar surface area (TPSA) is 41.0 Å². The predicted octanol–water partition coefficient (Wildman–Crippen LogP) is 2.85. The average Bonchev–Trinajstić information content (AvgIpc) is 2.45. The maximum Gasteiger partial charge on any atom is 0.433 e. The van der Waals surface area contributed by atoms with Crippen LogP contribution >= 0.6 is 0 Å². The molecule has 1 saturated heterocycles. The minimum absolute atomic E-state index is 0.0391. The number of rotatable bonds is 4. The van der Waals surface area contributed by atoms with E-state index in [9.17, 15) is 13.2 Å². The first kappa shape index (κ1) is 16.0. The SMILES string of the molecule is CC(C)N(CC1CCCCN1)c1nccc(C(F)(F)F)n1. The number of alkyl halides is 3. The molecule has 0 amide bonds. The van der Waals surface area contributed by atoms with Crippen LogP contribution in [0.1, 0.15) is 38.8 Å². The van der Waals surface area contributed by atoms with Crippen molar-refractivity contribution in [2.24, 2.45) is 0 Å². The quantitative estimate of drug-likeness (QED) is 0.928. The van der Waals surface area contributed by atoms with Crippen molar-refractivity contribution in [3.8, 4) is 0 Å². The molecular formula is C14H21F3N4. The minimum atomic E-state index is -4.44. The van der Waals surface area contributed by atoms with Gasteiger partial charge in [0, 0.05) is 24.8 Å². The van der Waals surface area contributed by atoms with E-state index in [1.807, 2.05) is 18.7 Å². The Hall–Kier alpha value is -1.37. The Bertz CT molecular complexity index is 456. The molecule has 1 fully saturated rings. The zero-order valence-electron chi connectivity index (χ0n) is 12.3. The van der Waals surface area contributed by atoms with E-state index in [0.717, 1.165) is 31.9 Å². The number of nitrogens with zero attached hydrogens (tertiary/aromatic N) is 3. The van der Waals surface area contributed by atoms with Crippen molar-refractivity contribution in [3.05, 3.63) is 18.0 Å². The Morgan fingerprint density at radius 3 is 2.71 bits per heavy atom. The molecule has 1 aromatic heterocycles. The molecule has 1 N–H and O–H groups in total. The summed E-state index contributed by atoms with van der Waals surface area (Å²) in [6.45, 7) is 5.46. The van der Waals surface area contributed by atoms with Gasteiger partial charge < -0.3 is 10.2 Å². The lowest BCUT2D eigenvalue weighted by atomic mass is 10.0. The highest BCUT2D eigenvalue weighted by Crippen LogP contribution is 2.28. The van der Waals surface area contributed by atoms with Gasteiger partial charge in [0.25, 0.3) is 0 Å². The van der Waals surface area contributed by atoms with E-state index >= 15 is 0 Å². The van der Waals surface area contributed by atoms with Gasteiger partial charge in [-0.25, -0.2) is 9.97 Å². The van der Waals surface area contributed by atoms with Crippen molar-refractivity contribution in [1.29, 1.82) is 0 Å². The molecule has 0 spiro atoms. The lowest BCUT2D eigenvalue weighted by Crippen LogP contribution is -2.46. The number of hydrogen-bond donors (Lipinski definition) is 1. The van der Waals surface area contributed by atoms with E-state index in [1.165, 1.54) is 6.20 Å². The molecule has 1 aliphatic rings. The standard InChI is InChI=1S/C14H21F3N4/c1-10(2)21(9-11-5-3-4-7-18-11)13-19-8-6-12(20-13)14(15,16)17/h6,8,10-11,18H,3-5,7,9H2,1-2H3. The fourth-order valence-corrected chi connectivity index (χ4v) is 2.49. The summed E-state index contributed by atoms with van der Waals surface area (Å²) in [5, 5.41) is 3.40. The summed E-state index contributed by atoms with van der Waals surface area (Å²) in [6.07, 6.45) is 0.0612. The van der Waals surface area contributed by atoms with Crippen molar-refractivity contribution < 1.29 is 13.2 Å². The first-order valence-corrected chi connectivity index (χ1v) is 7.28. The van der Waals surface area contributed by atoms with Gasteiger partial charge in [-0.15, -0.1) is 0 Å². The third kappa shape index (κ3) is 4.30. The Balaban J connectivity index is 2.17. The zero-order chi connectivity index (χ0) is 15.5. The zero-order valence-corrected chi connectivity index (χ0v) is 12.3. The van der Waals surface area contributed by atoms with Crippen LogP contribution in [-0.4, -0.2) is 35.1 Å². The van der Waals surface area contributed by atoms with Crippen LogP contribution in [0.2, 0.25) is 0 Å². The van der Waals surface area contributed by atoms with Crippen molar-refractivity contribution in [2.45, 2.75) is 51.4 Å². The summed E-state index contributed by atoms with van der Waals surface area (Å²) in [7, 11) is 0. The van der Waals surface area contributed by atoms with Gasteiger partial charge in [-0.05, 0) is 39.3 Å². The summed E-state index contributed by atoms with van der Waals surface area (Å²) >= 11 is 0. The molecule has 0 bridgehead atoms. The molecule has 0 radical (unpaired) electrons. The molecule has 0 aliphatic carbocycles. The van der Waals surface area contributed by atoms with Crippen molar-refractivity contribution in [2.75, 3.05) is 18.0 Å². The van der Waals surface area contributed by atoms with E-state index in [4.69, 9.17) is 0 Å². The highest BCUT2D eigenvalue weighted by atomic mass is 19.4. The van der Waals surface area contributed by atoms with Crippen molar-refractivity contribution in [3.63, 3.8) is 0 Å². The number of halogens is 3. The maximum atomic E-state index is 12.8. The van der Waals surface area contributed by atoms with E-state index in [1.54, 1.807) is 0 Å². The number of hydrogen-bond acceptors (Lipinski definition) is 4. The molecular weight excluding hydrogens is 281 g/mol. The first-order valence-electron chi connectivity index (χ1n) is 7.28. The maximum absolute atomic E-state index is 12.8. The van der Waals surface area contributed by atoms with Crippen LogP contribution in [-0.2, 0) is 6.18 Å². The lowest BCUT2D eigenvalue weighted by molar-refractivity contribution is -0.141. The number of piperidine rings is 1. The molecule has 4 nitrogen and oxygen atoms in total. The van der Waals surface area contributed by atoms with Gasteiger partial charge in [-0.3, -0.25) is 0 Å². The largest absolute Gasteiger partial charge is 0.433 e. The number of anilines is 1. The Labute approximate surface area is 122 Å². The summed E-state index contributed by atoms with van der Waals surface area (Å²) in [6, 6.07) is 1.22. The fourth-order valence-electron chi connectivity index (χ4n) is 2.49. The second kappa shape index (κ2) is 6.60. The van der Waals surface area contributed by atoms with Crippen LogP contribution in [0, 0.1) is 0 Å². The average molecular weight is 302 g/mol. The van der Waals surface area contributed by atoms with Gasteiger partial charge in [0.05, 0.1) is 0 Å². The van der Waals surface area contributed by atoms with Crippen molar-refractivity contribution >= 4 is 5.95 Å². The number of nitrogens with one attached hydrogen (secondary N) is 1. The second-order valence-electron chi connectivity index (χ2n) is 5.63. The monoisotopic (exact) mass is 302 g/mol. The van der Waals surface area contributed by atoms with E-state index in [-0.39, 0.29) is 18.0 Å². The molecule has 1 aliphatic heterocycles. The Morgan fingerprint density at radius 2 is 2.14 bits per heavy atom. The van der Waals surface area contributed by atoms with Crippen LogP contribution in [0.15, 0.2) is 12.3 Å². The summed E-state index contributed by atoms with van der Waals surface area (Å²) in [4.78, 5) is 9.55. The van der Waals surface area contributed by atoms with Crippen LogP contribution in [0.4, 0.5) is 19.1 Å². The second-order valence-corrected chi connectivity index (χ2v) is 5.63. The molecule has 1 unspecified atom stereocenters. The predicted molar refractivity (Wildman–Crippen MR) is 75.2 cm³/mol. The fraction of sp³-hybridized carbons (Fsp3) is 0.714. The Morgan fingerprint density at radius 1 is 1.38 bits per heavy atom. The smallest absolute Gasteiger partial charge is 0.337 e.